The summed E-state index contributed by atoms with van der Waals surface area (Å²) in [6.07, 6.45) is 0. The third-order valence-corrected chi connectivity index (χ3v) is 2.36. The van der Waals surface area contributed by atoms with E-state index in [0.717, 1.165) is 5.56 Å². The van der Waals surface area contributed by atoms with Gasteiger partial charge in [0.1, 0.15) is 5.82 Å². The zero-order chi connectivity index (χ0) is 10.0. The van der Waals surface area contributed by atoms with Crippen LogP contribution in [0.1, 0.15) is 21.5 Å². The van der Waals surface area contributed by atoms with Crippen LogP contribution in [-0.2, 0) is 5.33 Å². The molecule has 0 aliphatic rings. The maximum atomic E-state index is 13.1. The molecule has 0 aliphatic heterocycles. The Morgan fingerprint density at radius 1 is 1.62 bits per heavy atom. The van der Waals surface area contributed by atoms with Gasteiger partial charge in [0.15, 0.2) is 0 Å². The van der Waals surface area contributed by atoms with Crippen molar-refractivity contribution in [3.63, 3.8) is 0 Å². The predicted octanol–water partition coefficient (Wildman–Crippen LogP) is 2.73. The van der Waals surface area contributed by atoms with Crippen LogP contribution >= 0.6 is 15.9 Å². The third kappa shape index (κ3) is 2.06. The second-order valence-corrected chi connectivity index (χ2v) is 3.27. The van der Waals surface area contributed by atoms with E-state index in [1.807, 2.05) is 0 Å². The molecule has 0 aromatic heterocycles. The summed E-state index contributed by atoms with van der Waals surface area (Å²) in [5.41, 5.74) is 0.937. The minimum atomic E-state index is -1.23. The molecular formula is C9H8BrFO2. The number of rotatable bonds is 2. The molecule has 0 radical (unpaired) electrons. The van der Waals surface area contributed by atoms with Gasteiger partial charge in [-0.15, -0.1) is 0 Å². The molecule has 0 atom stereocenters. The van der Waals surface area contributed by atoms with Gasteiger partial charge in [-0.3, -0.25) is 0 Å². The number of carboxylic acids is 1. The standard InChI is InChI=1S/C9H8BrFO2/c1-5-2-6(4-10)3-7(11)8(5)9(12)13/h2-3H,4H2,1H3,(H,12,13). The summed E-state index contributed by atoms with van der Waals surface area (Å²) in [6.45, 7) is 1.58. The maximum absolute atomic E-state index is 13.1. The van der Waals surface area contributed by atoms with Crippen molar-refractivity contribution in [3.8, 4) is 0 Å². The highest BCUT2D eigenvalue weighted by molar-refractivity contribution is 9.08. The van der Waals surface area contributed by atoms with Crippen molar-refractivity contribution in [2.75, 3.05) is 0 Å². The van der Waals surface area contributed by atoms with Crippen LogP contribution in [0.4, 0.5) is 4.39 Å². The first-order valence-electron chi connectivity index (χ1n) is 3.64. The number of hydrogen-bond donors (Lipinski definition) is 1. The van der Waals surface area contributed by atoms with Crippen LogP contribution in [0.3, 0.4) is 0 Å². The van der Waals surface area contributed by atoms with Gasteiger partial charge in [-0.1, -0.05) is 22.0 Å². The molecule has 2 nitrogen and oxygen atoms in total. The lowest BCUT2D eigenvalue weighted by Crippen LogP contribution is -2.04. The number of carbonyl (C=O) groups is 1. The number of aryl methyl sites for hydroxylation is 1. The van der Waals surface area contributed by atoms with Crippen molar-refractivity contribution in [3.05, 3.63) is 34.6 Å². The summed E-state index contributed by atoms with van der Waals surface area (Å²) in [5.74, 6) is -1.90. The zero-order valence-electron chi connectivity index (χ0n) is 6.97. The summed E-state index contributed by atoms with van der Waals surface area (Å²) in [7, 11) is 0. The summed E-state index contributed by atoms with van der Waals surface area (Å²) < 4.78 is 13.1. The molecule has 0 heterocycles. The molecule has 1 aromatic carbocycles. The Hall–Kier alpha value is -0.900. The molecule has 1 aromatic rings. The van der Waals surface area contributed by atoms with E-state index in [0.29, 0.717) is 10.9 Å². The van der Waals surface area contributed by atoms with E-state index in [9.17, 15) is 9.18 Å². The fourth-order valence-corrected chi connectivity index (χ4v) is 1.49. The number of hydrogen-bond acceptors (Lipinski definition) is 1. The number of benzene rings is 1. The normalized spacial score (nSPS) is 10.1. The topological polar surface area (TPSA) is 37.3 Å². The van der Waals surface area contributed by atoms with E-state index in [-0.39, 0.29) is 5.56 Å². The predicted molar refractivity (Wildman–Crippen MR) is 50.7 cm³/mol. The average Bonchev–Trinajstić information content (AvgIpc) is 2.02. The van der Waals surface area contributed by atoms with Crippen LogP contribution in [0, 0.1) is 12.7 Å². The second-order valence-electron chi connectivity index (χ2n) is 2.71. The monoisotopic (exact) mass is 246 g/mol. The molecule has 0 saturated carbocycles. The molecule has 13 heavy (non-hydrogen) atoms. The fraction of sp³-hybridized carbons (Fsp3) is 0.222. The molecule has 70 valence electrons. The Morgan fingerprint density at radius 2 is 2.23 bits per heavy atom. The maximum Gasteiger partial charge on any atom is 0.338 e. The van der Waals surface area contributed by atoms with Crippen LogP contribution in [-0.4, -0.2) is 11.1 Å². The van der Waals surface area contributed by atoms with Crippen LogP contribution in [0.25, 0.3) is 0 Å². The Kier molecular flexibility index (Phi) is 3.03. The molecule has 0 spiro atoms. The lowest BCUT2D eigenvalue weighted by Gasteiger charge is -2.04. The summed E-state index contributed by atoms with van der Waals surface area (Å²) >= 11 is 3.17. The van der Waals surface area contributed by atoms with Crippen molar-refractivity contribution in [1.29, 1.82) is 0 Å². The SMILES string of the molecule is Cc1cc(CBr)cc(F)c1C(=O)O. The fourth-order valence-electron chi connectivity index (χ4n) is 1.16. The van der Waals surface area contributed by atoms with Gasteiger partial charge in [-0.05, 0) is 24.1 Å². The lowest BCUT2D eigenvalue weighted by molar-refractivity contribution is 0.0691. The molecule has 0 fully saturated rings. The first kappa shape index (κ1) is 10.2. The van der Waals surface area contributed by atoms with E-state index in [2.05, 4.69) is 15.9 Å². The summed E-state index contributed by atoms with van der Waals surface area (Å²) in [4.78, 5) is 10.6. The number of carboxylic acid groups (broad SMARTS) is 1. The number of halogens is 2. The van der Waals surface area contributed by atoms with Crippen LogP contribution in [0.5, 0.6) is 0 Å². The Balaban J connectivity index is 3.31. The first-order chi connectivity index (χ1) is 6.06. The zero-order valence-corrected chi connectivity index (χ0v) is 8.56. The molecular weight excluding hydrogens is 239 g/mol. The minimum Gasteiger partial charge on any atom is -0.478 e. The van der Waals surface area contributed by atoms with E-state index < -0.39 is 11.8 Å². The second kappa shape index (κ2) is 3.87. The smallest absolute Gasteiger partial charge is 0.338 e. The van der Waals surface area contributed by atoms with Gasteiger partial charge in [0.2, 0.25) is 0 Å². The van der Waals surface area contributed by atoms with Crippen LogP contribution in [0.2, 0.25) is 0 Å². The van der Waals surface area contributed by atoms with Crippen molar-refractivity contribution in [2.45, 2.75) is 12.3 Å². The van der Waals surface area contributed by atoms with Crippen molar-refractivity contribution in [2.24, 2.45) is 0 Å². The average molecular weight is 247 g/mol. The Labute approximate surface area is 83.5 Å². The quantitative estimate of drug-likeness (QED) is 0.816. The van der Waals surface area contributed by atoms with E-state index >= 15 is 0 Å². The Bertz CT molecular complexity index is 326. The van der Waals surface area contributed by atoms with Crippen LogP contribution in [0.15, 0.2) is 12.1 Å². The first-order valence-corrected chi connectivity index (χ1v) is 4.76. The van der Waals surface area contributed by atoms with E-state index in [1.54, 1.807) is 13.0 Å². The third-order valence-electron chi connectivity index (χ3n) is 1.72. The van der Waals surface area contributed by atoms with Crippen LogP contribution < -0.4 is 0 Å². The lowest BCUT2D eigenvalue weighted by atomic mass is 10.1. The van der Waals surface area contributed by atoms with Gasteiger partial charge in [0.05, 0.1) is 5.56 Å². The molecule has 4 heteroatoms. The highest BCUT2D eigenvalue weighted by Crippen LogP contribution is 2.17. The Morgan fingerprint density at radius 3 is 2.62 bits per heavy atom. The van der Waals surface area contributed by atoms with Crippen molar-refractivity contribution < 1.29 is 14.3 Å². The van der Waals surface area contributed by atoms with E-state index in [4.69, 9.17) is 5.11 Å². The van der Waals surface area contributed by atoms with Gasteiger partial charge >= 0.3 is 5.97 Å². The summed E-state index contributed by atoms with van der Waals surface area (Å²) in [5, 5.41) is 9.18. The molecule has 0 amide bonds. The van der Waals surface area contributed by atoms with E-state index in [1.165, 1.54) is 6.07 Å². The highest BCUT2D eigenvalue weighted by atomic mass is 79.9. The summed E-state index contributed by atoms with van der Waals surface area (Å²) in [6, 6.07) is 2.88. The van der Waals surface area contributed by atoms with Gasteiger partial charge in [-0.2, -0.15) is 0 Å². The number of alkyl halides is 1. The largest absolute Gasteiger partial charge is 0.478 e. The molecule has 0 unspecified atom stereocenters. The van der Waals surface area contributed by atoms with Gasteiger partial charge in [0, 0.05) is 5.33 Å². The number of aromatic carboxylic acids is 1. The van der Waals surface area contributed by atoms with Gasteiger partial charge in [-0.25, -0.2) is 9.18 Å². The molecule has 1 rings (SSSR count). The van der Waals surface area contributed by atoms with Crippen molar-refractivity contribution in [1.82, 2.24) is 0 Å². The van der Waals surface area contributed by atoms with Crippen molar-refractivity contribution >= 4 is 21.9 Å². The highest BCUT2D eigenvalue weighted by Gasteiger charge is 2.14. The molecule has 1 N–H and O–H groups in total. The molecule has 0 aliphatic carbocycles. The molecule has 0 saturated heterocycles. The molecule has 0 bridgehead atoms. The van der Waals surface area contributed by atoms with Gasteiger partial charge in [0.25, 0.3) is 0 Å². The van der Waals surface area contributed by atoms with Gasteiger partial charge < -0.3 is 5.11 Å². The minimum absolute atomic E-state index is 0.246.